The first-order chi connectivity index (χ1) is 15.0. The fourth-order valence-corrected chi connectivity index (χ4v) is 4.58. The van der Waals surface area contributed by atoms with Gasteiger partial charge in [0.1, 0.15) is 11.4 Å². The number of nitrogens with zero attached hydrogens (tertiary/aromatic N) is 3. The van der Waals surface area contributed by atoms with E-state index in [1.165, 1.54) is 18.1 Å². The van der Waals surface area contributed by atoms with Crippen molar-refractivity contribution in [3.05, 3.63) is 71.9 Å². The molecule has 5 aromatic rings. The van der Waals surface area contributed by atoms with Gasteiger partial charge < -0.3 is 10.1 Å². The number of esters is 1. The number of carbonyl (C=O) groups is 1. The lowest BCUT2D eigenvalue weighted by Crippen LogP contribution is -2.00. The molecule has 2 aromatic carbocycles. The largest absolute Gasteiger partial charge is 0.425 e. The van der Waals surface area contributed by atoms with Crippen LogP contribution in [0.4, 0.5) is 11.5 Å². The third-order valence-corrected chi connectivity index (χ3v) is 6.34. The molecule has 0 fully saturated rings. The van der Waals surface area contributed by atoms with Gasteiger partial charge in [0.05, 0.1) is 15.8 Å². The van der Waals surface area contributed by atoms with E-state index in [1.807, 2.05) is 47.1 Å². The molecular weight excluding hydrogens is 408 g/mol. The van der Waals surface area contributed by atoms with E-state index >= 15 is 0 Å². The van der Waals surface area contributed by atoms with Crippen molar-refractivity contribution in [3.63, 3.8) is 0 Å². The topological polar surface area (TPSA) is 68.5 Å². The molecule has 0 spiro atoms. The third-order valence-electron chi connectivity index (χ3n) is 5.16. The minimum atomic E-state index is -0.332. The maximum Gasteiger partial charge on any atom is 0.308 e. The molecular formula is C24H20N4O2S. The number of nitrogens with one attached hydrogen (secondary N) is 1. The summed E-state index contributed by atoms with van der Waals surface area (Å²) < 4.78 is 8.13. The first-order valence-corrected chi connectivity index (χ1v) is 10.7. The molecule has 0 amide bonds. The Morgan fingerprint density at radius 2 is 1.94 bits per heavy atom. The van der Waals surface area contributed by atoms with Crippen LogP contribution < -0.4 is 10.1 Å². The first kappa shape index (κ1) is 19.3. The number of rotatable bonds is 4. The number of aryl methyl sites for hydroxylation is 2. The summed E-state index contributed by atoms with van der Waals surface area (Å²) in [4.78, 5) is 16.9. The molecule has 3 heterocycles. The molecule has 6 nitrogen and oxygen atoms in total. The number of ether oxygens (including phenoxy) is 1. The minimum Gasteiger partial charge on any atom is -0.425 e. The van der Waals surface area contributed by atoms with Crippen LogP contribution in [0.3, 0.4) is 0 Å². The standard InChI is InChI=1S/C24H20N4O2S/c1-14-7-8-18(11-15(14)2)26-22-9-10-23-25-13-19(28(23)27-22)21-12-17-5-4-6-20(24(17)31-21)30-16(3)29/h4-13H,1-3H3,(H,26,27). The summed E-state index contributed by atoms with van der Waals surface area (Å²) in [7, 11) is 0. The Kier molecular flexibility index (Phi) is 4.67. The number of thiophene rings is 1. The third kappa shape index (κ3) is 3.64. The zero-order valence-electron chi connectivity index (χ0n) is 17.3. The van der Waals surface area contributed by atoms with Crippen LogP contribution in [-0.2, 0) is 4.79 Å². The molecule has 0 unspecified atom stereocenters. The summed E-state index contributed by atoms with van der Waals surface area (Å²) in [5, 5.41) is 9.15. The average Bonchev–Trinajstić information content (AvgIpc) is 3.34. The lowest BCUT2D eigenvalue weighted by molar-refractivity contribution is -0.131. The van der Waals surface area contributed by atoms with Gasteiger partial charge in [-0.1, -0.05) is 18.2 Å². The van der Waals surface area contributed by atoms with Gasteiger partial charge in [-0.2, -0.15) is 0 Å². The molecule has 154 valence electrons. The molecule has 0 saturated heterocycles. The van der Waals surface area contributed by atoms with Crippen LogP contribution in [0.15, 0.2) is 60.8 Å². The molecule has 0 radical (unpaired) electrons. The van der Waals surface area contributed by atoms with Gasteiger partial charge in [-0.25, -0.2) is 9.50 Å². The maximum absolute atomic E-state index is 11.4. The Labute approximate surface area is 183 Å². The number of hydrogen-bond acceptors (Lipinski definition) is 6. The van der Waals surface area contributed by atoms with Crippen LogP contribution in [0.25, 0.3) is 26.3 Å². The van der Waals surface area contributed by atoms with E-state index < -0.39 is 0 Å². The molecule has 3 aromatic heterocycles. The predicted octanol–water partition coefficient (Wildman–Crippen LogP) is 5.90. The fraction of sp³-hybridized carbons (Fsp3) is 0.125. The number of aromatic nitrogens is 3. The van der Waals surface area contributed by atoms with Crippen molar-refractivity contribution in [2.24, 2.45) is 0 Å². The molecule has 0 bridgehead atoms. The summed E-state index contributed by atoms with van der Waals surface area (Å²) in [6.07, 6.45) is 1.82. The molecule has 0 saturated carbocycles. The van der Waals surface area contributed by atoms with Crippen molar-refractivity contribution in [2.45, 2.75) is 20.8 Å². The summed E-state index contributed by atoms with van der Waals surface area (Å²) >= 11 is 1.55. The van der Waals surface area contributed by atoms with E-state index in [0.29, 0.717) is 5.75 Å². The number of imidazole rings is 1. The van der Waals surface area contributed by atoms with E-state index in [2.05, 4.69) is 42.3 Å². The van der Waals surface area contributed by atoms with E-state index in [1.54, 1.807) is 11.3 Å². The van der Waals surface area contributed by atoms with Gasteiger partial charge in [0.2, 0.25) is 0 Å². The van der Waals surface area contributed by atoms with Crippen molar-refractivity contribution in [3.8, 4) is 16.3 Å². The van der Waals surface area contributed by atoms with Crippen LogP contribution >= 0.6 is 11.3 Å². The smallest absolute Gasteiger partial charge is 0.308 e. The van der Waals surface area contributed by atoms with E-state index in [9.17, 15) is 4.79 Å². The molecule has 0 atom stereocenters. The quantitative estimate of drug-likeness (QED) is 0.285. The van der Waals surface area contributed by atoms with Gasteiger partial charge in [-0.15, -0.1) is 16.4 Å². The highest BCUT2D eigenvalue weighted by Gasteiger charge is 2.14. The Morgan fingerprint density at radius 3 is 2.74 bits per heavy atom. The van der Waals surface area contributed by atoms with Crippen LogP contribution in [0, 0.1) is 13.8 Å². The number of fused-ring (bicyclic) bond motifs is 2. The maximum atomic E-state index is 11.4. The molecule has 7 heteroatoms. The highest BCUT2D eigenvalue weighted by molar-refractivity contribution is 7.22. The molecule has 0 aliphatic heterocycles. The molecule has 5 rings (SSSR count). The molecule has 1 N–H and O–H groups in total. The molecule has 31 heavy (non-hydrogen) atoms. The number of carbonyl (C=O) groups excluding carboxylic acids is 1. The van der Waals surface area contributed by atoms with Crippen molar-refractivity contribution >= 4 is 44.5 Å². The zero-order valence-corrected chi connectivity index (χ0v) is 18.2. The second-order valence-electron chi connectivity index (χ2n) is 7.43. The number of hydrogen-bond donors (Lipinski definition) is 1. The highest BCUT2D eigenvalue weighted by atomic mass is 32.1. The second-order valence-corrected chi connectivity index (χ2v) is 8.49. The average molecular weight is 429 g/mol. The molecule has 0 aliphatic carbocycles. The van der Waals surface area contributed by atoms with Gasteiger partial charge in [0.15, 0.2) is 11.5 Å². The predicted molar refractivity (Wildman–Crippen MR) is 124 cm³/mol. The van der Waals surface area contributed by atoms with Crippen molar-refractivity contribution < 1.29 is 9.53 Å². The lowest BCUT2D eigenvalue weighted by atomic mass is 10.1. The Hall–Kier alpha value is -3.71. The van der Waals surface area contributed by atoms with Crippen molar-refractivity contribution in [1.29, 1.82) is 0 Å². The molecule has 0 aliphatic rings. The normalized spacial score (nSPS) is 11.2. The Bertz CT molecular complexity index is 1450. The van der Waals surface area contributed by atoms with Crippen LogP contribution in [-0.4, -0.2) is 20.6 Å². The van der Waals surface area contributed by atoms with E-state index in [4.69, 9.17) is 9.84 Å². The fourth-order valence-electron chi connectivity index (χ4n) is 3.47. The summed E-state index contributed by atoms with van der Waals surface area (Å²) in [6.45, 7) is 5.60. The number of benzene rings is 2. The van der Waals surface area contributed by atoms with Gasteiger partial charge in [0.25, 0.3) is 0 Å². The summed E-state index contributed by atoms with van der Waals surface area (Å²) in [5.74, 6) is 0.970. The second kappa shape index (κ2) is 7.52. The number of anilines is 2. The van der Waals surface area contributed by atoms with Crippen molar-refractivity contribution in [2.75, 3.05) is 5.32 Å². The van der Waals surface area contributed by atoms with Crippen LogP contribution in [0.2, 0.25) is 0 Å². The van der Waals surface area contributed by atoms with E-state index in [0.717, 1.165) is 37.8 Å². The van der Waals surface area contributed by atoms with Gasteiger partial charge >= 0.3 is 5.97 Å². The van der Waals surface area contributed by atoms with Crippen LogP contribution in [0.5, 0.6) is 5.75 Å². The van der Waals surface area contributed by atoms with Crippen LogP contribution in [0.1, 0.15) is 18.1 Å². The summed E-state index contributed by atoms with van der Waals surface area (Å²) in [6, 6.07) is 17.9. The first-order valence-electron chi connectivity index (χ1n) is 9.88. The Morgan fingerprint density at radius 1 is 1.06 bits per heavy atom. The SMILES string of the molecule is CC(=O)Oc1cccc2cc(-c3cnc4ccc(Nc5ccc(C)c(C)c5)nn34)sc12. The Balaban J connectivity index is 1.55. The minimum absolute atomic E-state index is 0.332. The lowest BCUT2D eigenvalue weighted by Gasteiger charge is -2.08. The van der Waals surface area contributed by atoms with Gasteiger partial charge in [0, 0.05) is 12.6 Å². The van der Waals surface area contributed by atoms with E-state index in [-0.39, 0.29) is 5.97 Å². The monoisotopic (exact) mass is 428 g/mol. The zero-order chi connectivity index (χ0) is 21.5. The summed E-state index contributed by atoms with van der Waals surface area (Å²) in [5.41, 5.74) is 5.11. The van der Waals surface area contributed by atoms with Crippen molar-refractivity contribution in [1.82, 2.24) is 14.6 Å². The van der Waals surface area contributed by atoms with Gasteiger partial charge in [-0.05, 0) is 66.8 Å². The highest BCUT2D eigenvalue weighted by Crippen LogP contribution is 2.38. The van der Waals surface area contributed by atoms with Gasteiger partial charge in [-0.3, -0.25) is 4.79 Å².